The Balaban J connectivity index is 1.14. The van der Waals surface area contributed by atoms with Crippen molar-refractivity contribution in [2.24, 2.45) is 29.6 Å². The SMILES string of the molecule is CC1CC(C2CCCC3C(C)NNC23)CCC1C(=O)N1CCN(C(=O)C2(O)CC2)CC1. The standard InChI is InChI=1S/C24H40N4O3/c1-15-14-17(20-5-3-4-19-16(2)25-26-21(19)20)6-7-18(15)22(29)27-10-12-28(13-11-27)23(30)24(31)8-9-24/h15-21,25-26,31H,3-14H2,1-2H3. The largest absolute Gasteiger partial charge is 0.380 e. The van der Waals surface area contributed by atoms with Gasteiger partial charge >= 0.3 is 0 Å². The summed E-state index contributed by atoms with van der Waals surface area (Å²) in [5.74, 6) is 2.91. The number of hydrogen-bond acceptors (Lipinski definition) is 5. The lowest BCUT2D eigenvalue weighted by molar-refractivity contribution is -0.149. The smallest absolute Gasteiger partial charge is 0.254 e. The Hall–Kier alpha value is -1.18. The zero-order chi connectivity index (χ0) is 21.8. The van der Waals surface area contributed by atoms with E-state index in [0.717, 1.165) is 37.0 Å². The zero-order valence-corrected chi connectivity index (χ0v) is 19.2. The summed E-state index contributed by atoms with van der Waals surface area (Å²) in [5.41, 5.74) is 5.99. The van der Waals surface area contributed by atoms with Crippen LogP contribution in [0.15, 0.2) is 0 Å². The van der Waals surface area contributed by atoms with Gasteiger partial charge in [-0.1, -0.05) is 13.3 Å². The lowest BCUT2D eigenvalue weighted by Crippen LogP contribution is -2.55. The molecule has 3 N–H and O–H groups in total. The van der Waals surface area contributed by atoms with Crippen LogP contribution < -0.4 is 10.9 Å². The lowest BCUT2D eigenvalue weighted by Gasteiger charge is -2.44. The topological polar surface area (TPSA) is 84.9 Å². The number of piperazine rings is 1. The molecular formula is C24H40N4O3. The number of hydrazine groups is 1. The third-order valence-electron chi connectivity index (χ3n) is 9.25. The van der Waals surface area contributed by atoms with Crippen molar-refractivity contribution in [2.45, 2.75) is 82.9 Å². The quantitative estimate of drug-likeness (QED) is 0.630. The first-order chi connectivity index (χ1) is 14.9. The van der Waals surface area contributed by atoms with Gasteiger partial charge in [0.05, 0.1) is 0 Å². The van der Waals surface area contributed by atoms with Crippen molar-refractivity contribution in [2.75, 3.05) is 26.2 Å². The molecule has 0 aromatic rings. The van der Waals surface area contributed by atoms with E-state index in [-0.39, 0.29) is 11.8 Å². The van der Waals surface area contributed by atoms with Gasteiger partial charge in [0.1, 0.15) is 5.60 Å². The first-order valence-electron chi connectivity index (χ1n) is 12.7. The molecule has 0 aromatic heterocycles. The second kappa shape index (κ2) is 8.31. The molecule has 0 spiro atoms. The molecule has 5 aliphatic rings. The van der Waals surface area contributed by atoms with Gasteiger partial charge in [-0.25, -0.2) is 0 Å². The third kappa shape index (κ3) is 4.02. The monoisotopic (exact) mass is 432 g/mol. The minimum Gasteiger partial charge on any atom is -0.380 e. The second-order valence-electron chi connectivity index (χ2n) is 11.2. The van der Waals surface area contributed by atoms with Gasteiger partial charge in [0, 0.05) is 44.2 Å². The summed E-state index contributed by atoms with van der Waals surface area (Å²) in [4.78, 5) is 29.4. The van der Waals surface area contributed by atoms with E-state index in [2.05, 4.69) is 24.7 Å². The van der Waals surface area contributed by atoms with Crippen LogP contribution in [0.3, 0.4) is 0 Å². The number of fused-ring (bicyclic) bond motifs is 1. The number of aliphatic hydroxyl groups is 1. The van der Waals surface area contributed by atoms with E-state index < -0.39 is 5.60 Å². The fourth-order valence-electron chi connectivity index (χ4n) is 7.09. The van der Waals surface area contributed by atoms with Crippen molar-refractivity contribution < 1.29 is 14.7 Å². The van der Waals surface area contributed by atoms with E-state index in [0.29, 0.717) is 62.9 Å². The summed E-state index contributed by atoms with van der Waals surface area (Å²) in [6.45, 7) is 6.90. The van der Waals surface area contributed by atoms with Crippen molar-refractivity contribution >= 4 is 11.8 Å². The maximum Gasteiger partial charge on any atom is 0.254 e. The molecule has 31 heavy (non-hydrogen) atoms. The Morgan fingerprint density at radius 3 is 2.26 bits per heavy atom. The summed E-state index contributed by atoms with van der Waals surface area (Å²) in [5, 5.41) is 10.1. The molecule has 5 fully saturated rings. The van der Waals surface area contributed by atoms with E-state index in [9.17, 15) is 14.7 Å². The third-order valence-corrected chi connectivity index (χ3v) is 9.25. The van der Waals surface area contributed by atoms with Gasteiger partial charge in [0.15, 0.2) is 0 Å². The fraction of sp³-hybridized carbons (Fsp3) is 0.917. The van der Waals surface area contributed by atoms with Gasteiger partial charge in [0.25, 0.3) is 5.91 Å². The number of nitrogens with zero attached hydrogens (tertiary/aromatic N) is 2. The molecule has 7 heteroatoms. The minimum atomic E-state index is -1.10. The molecule has 7 atom stereocenters. The zero-order valence-electron chi connectivity index (χ0n) is 19.2. The number of nitrogens with one attached hydrogen (secondary N) is 2. The Bertz CT molecular complexity index is 703. The van der Waals surface area contributed by atoms with Crippen LogP contribution in [-0.2, 0) is 9.59 Å². The van der Waals surface area contributed by atoms with Crippen LogP contribution in [0, 0.1) is 29.6 Å². The highest BCUT2D eigenvalue weighted by atomic mass is 16.3. The van der Waals surface area contributed by atoms with Crippen LogP contribution in [0.4, 0.5) is 0 Å². The average Bonchev–Trinajstić information content (AvgIpc) is 3.43. The highest BCUT2D eigenvalue weighted by molar-refractivity contribution is 5.88. The van der Waals surface area contributed by atoms with Crippen molar-refractivity contribution in [3.63, 3.8) is 0 Å². The predicted molar refractivity (Wildman–Crippen MR) is 118 cm³/mol. The Morgan fingerprint density at radius 2 is 1.58 bits per heavy atom. The number of hydrogen-bond donors (Lipinski definition) is 3. The van der Waals surface area contributed by atoms with E-state index in [1.54, 1.807) is 4.90 Å². The number of rotatable bonds is 3. The molecule has 5 rings (SSSR count). The highest BCUT2D eigenvalue weighted by Gasteiger charge is 2.51. The van der Waals surface area contributed by atoms with Gasteiger partial charge in [-0.05, 0) is 75.5 Å². The van der Waals surface area contributed by atoms with Crippen LogP contribution in [0.1, 0.15) is 65.2 Å². The molecule has 2 amide bonds. The van der Waals surface area contributed by atoms with Gasteiger partial charge in [-0.2, -0.15) is 0 Å². The Morgan fingerprint density at radius 1 is 0.903 bits per heavy atom. The predicted octanol–water partition coefficient (Wildman–Crippen LogP) is 1.52. The Labute approximate surface area is 186 Å². The fourth-order valence-corrected chi connectivity index (χ4v) is 7.09. The van der Waals surface area contributed by atoms with Crippen molar-refractivity contribution in [1.29, 1.82) is 0 Å². The summed E-state index contributed by atoms with van der Waals surface area (Å²) in [7, 11) is 0. The molecule has 2 aliphatic heterocycles. The first kappa shape index (κ1) is 21.7. The maximum atomic E-state index is 13.3. The second-order valence-corrected chi connectivity index (χ2v) is 11.2. The molecular weight excluding hydrogens is 392 g/mol. The number of carbonyl (C=O) groups is 2. The van der Waals surface area contributed by atoms with E-state index >= 15 is 0 Å². The van der Waals surface area contributed by atoms with E-state index in [1.165, 1.54) is 19.3 Å². The van der Waals surface area contributed by atoms with Crippen LogP contribution in [0.2, 0.25) is 0 Å². The molecule has 3 aliphatic carbocycles. The first-order valence-corrected chi connectivity index (χ1v) is 12.7. The van der Waals surface area contributed by atoms with Crippen LogP contribution in [-0.4, -0.2) is 70.6 Å². The van der Waals surface area contributed by atoms with Gasteiger partial charge in [0.2, 0.25) is 5.91 Å². The van der Waals surface area contributed by atoms with Crippen LogP contribution >= 0.6 is 0 Å². The maximum absolute atomic E-state index is 13.3. The minimum absolute atomic E-state index is 0.124. The number of carbonyl (C=O) groups excluding carboxylic acids is 2. The lowest BCUT2D eigenvalue weighted by atomic mass is 9.63. The van der Waals surface area contributed by atoms with Gasteiger partial charge < -0.3 is 14.9 Å². The Kier molecular flexibility index (Phi) is 5.80. The molecule has 7 nitrogen and oxygen atoms in total. The van der Waals surface area contributed by atoms with Crippen LogP contribution in [0.5, 0.6) is 0 Å². The van der Waals surface area contributed by atoms with E-state index in [1.807, 2.05) is 4.90 Å². The molecule has 2 heterocycles. The summed E-state index contributed by atoms with van der Waals surface area (Å²) < 4.78 is 0. The van der Waals surface area contributed by atoms with Crippen molar-refractivity contribution in [3.8, 4) is 0 Å². The average molecular weight is 433 g/mol. The van der Waals surface area contributed by atoms with Gasteiger partial charge in [-0.15, -0.1) is 0 Å². The van der Waals surface area contributed by atoms with E-state index in [4.69, 9.17) is 0 Å². The normalized spacial score (nSPS) is 42.2. The highest BCUT2D eigenvalue weighted by Crippen LogP contribution is 2.46. The van der Waals surface area contributed by atoms with Gasteiger partial charge in [-0.3, -0.25) is 20.4 Å². The van der Waals surface area contributed by atoms with Crippen molar-refractivity contribution in [3.05, 3.63) is 0 Å². The van der Waals surface area contributed by atoms with Crippen molar-refractivity contribution in [1.82, 2.24) is 20.7 Å². The molecule has 0 bridgehead atoms. The molecule has 3 saturated carbocycles. The molecule has 0 aromatic carbocycles. The molecule has 0 radical (unpaired) electrons. The molecule has 2 saturated heterocycles. The molecule has 174 valence electrons. The van der Waals surface area contributed by atoms with Crippen LogP contribution in [0.25, 0.3) is 0 Å². The molecule has 7 unspecified atom stereocenters. The summed E-state index contributed by atoms with van der Waals surface area (Å²) in [6, 6.07) is 1.16. The summed E-state index contributed by atoms with van der Waals surface area (Å²) in [6.07, 6.45) is 8.48. The summed E-state index contributed by atoms with van der Waals surface area (Å²) >= 11 is 0. The number of amides is 2.